The Morgan fingerprint density at radius 3 is 2.69 bits per heavy atom. The van der Waals surface area contributed by atoms with Crippen molar-refractivity contribution in [1.82, 2.24) is 19.7 Å². The Bertz CT molecular complexity index is 1180. The van der Waals surface area contributed by atoms with Crippen molar-refractivity contribution in [2.24, 2.45) is 0 Å². The number of carbonyl (C=O) groups excluding carboxylic acids is 1. The fourth-order valence-corrected chi connectivity index (χ4v) is 2.87. The minimum Gasteiger partial charge on any atom is -0.466 e. The lowest BCUT2D eigenvalue weighted by molar-refractivity contribution is -0.141. The number of ether oxygens (including phenoxy) is 1. The Morgan fingerprint density at radius 2 is 2.06 bits per heavy atom. The van der Waals surface area contributed by atoms with Crippen LogP contribution in [0.3, 0.4) is 0 Å². The van der Waals surface area contributed by atoms with E-state index in [9.17, 15) is 22.4 Å². The molecule has 0 spiro atoms. The molecule has 1 N–H and O–H groups in total. The fourth-order valence-electron chi connectivity index (χ4n) is 2.73. The Hall–Kier alpha value is -3.47. The van der Waals surface area contributed by atoms with Crippen molar-refractivity contribution < 1.29 is 27.1 Å². The van der Waals surface area contributed by atoms with Crippen molar-refractivity contribution in [2.75, 3.05) is 12.4 Å². The van der Waals surface area contributed by atoms with Gasteiger partial charge in [0.1, 0.15) is 17.3 Å². The number of benzene rings is 1. The number of alkyl halides is 3. The molecule has 2 heterocycles. The molecule has 0 unspecified atom stereocenters. The van der Waals surface area contributed by atoms with Crippen LogP contribution < -0.4 is 5.32 Å². The van der Waals surface area contributed by atoms with Crippen molar-refractivity contribution in [3.05, 3.63) is 70.2 Å². The second-order valence-corrected chi connectivity index (χ2v) is 6.86. The predicted molar refractivity (Wildman–Crippen MR) is 109 cm³/mol. The molecular weight excluding hydrogens is 454 g/mol. The van der Waals surface area contributed by atoms with Crippen LogP contribution in [-0.2, 0) is 22.3 Å². The quantitative estimate of drug-likeness (QED) is 0.246. The first-order valence-electron chi connectivity index (χ1n) is 9.03. The molecule has 0 atom stereocenters. The van der Waals surface area contributed by atoms with E-state index in [1.165, 1.54) is 50.6 Å². The van der Waals surface area contributed by atoms with Crippen molar-refractivity contribution in [3.8, 4) is 5.69 Å². The van der Waals surface area contributed by atoms with Gasteiger partial charge in [0.05, 0.1) is 7.11 Å². The van der Waals surface area contributed by atoms with Gasteiger partial charge in [0.2, 0.25) is 5.28 Å². The second-order valence-electron chi connectivity index (χ2n) is 6.52. The Kier molecular flexibility index (Phi) is 6.78. The summed E-state index contributed by atoms with van der Waals surface area (Å²) in [6.45, 7) is 1.51. The van der Waals surface area contributed by atoms with E-state index in [4.69, 9.17) is 11.6 Å². The number of nitrogens with one attached hydrogen (secondary N) is 1. The van der Waals surface area contributed by atoms with E-state index in [1.54, 1.807) is 0 Å². The van der Waals surface area contributed by atoms with E-state index in [0.29, 0.717) is 11.1 Å². The lowest BCUT2D eigenvalue weighted by Gasteiger charge is -2.11. The van der Waals surface area contributed by atoms with Gasteiger partial charge in [-0.1, -0.05) is 6.07 Å². The lowest BCUT2D eigenvalue weighted by atomic mass is 10.2. The van der Waals surface area contributed by atoms with Crippen LogP contribution in [-0.4, -0.2) is 32.8 Å². The minimum atomic E-state index is -4.63. The second kappa shape index (κ2) is 9.35. The van der Waals surface area contributed by atoms with Gasteiger partial charge in [0.15, 0.2) is 5.69 Å². The summed E-state index contributed by atoms with van der Waals surface area (Å²) in [6, 6.07) is 4.88. The van der Waals surface area contributed by atoms with E-state index < -0.39 is 23.7 Å². The molecule has 0 bridgehead atoms. The van der Waals surface area contributed by atoms with E-state index in [2.05, 4.69) is 25.1 Å². The van der Waals surface area contributed by atoms with Crippen LogP contribution in [0.1, 0.15) is 22.5 Å². The zero-order chi connectivity index (χ0) is 23.5. The van der Waals surface area contributed by atoms with Crippen LogP contribution in [0.15, 0.2) is 36.5 Å². The molecule has 0 aliphatic carbocycles. The van der Waals surface area contributed by atoms with Gasteiger partial charge >= 0.3 is 12.1 Å². The van der Waals surface area contributed by atoms with Crippen LogP contribution in [0.2, 0.25) is 5.28 Å². The summed E-state index contributed by atoms with van der Waals surface area (Å²) in [7, 11) is 1.23. The fraction of sp³-hybridized carbons (Fsp3) is 0.200. The normalized spacial score (nSPS) is 11.7. The Labute approximate surface area is 184 Å². The summed E-state index contributed by atoms with van der Waals surface area (Å²) in [5.41, 5.74) is -0.171. The Morgan fingerprint density at radius 1 is 1.31 bits per heavy atom. The van der Waals surface area contributed by atoms with Gasteiger partial charge in [0, 0.05) is 30.1 Å². The summed E-state index contributed by atoms with van der Waals surface area (Å²) in [6.07, 6.45) is -0.643. The number of halogens is 5. The summed E-state index contributed by atoms with van der Waals surface area (Å²) < 4.78 is 58.7. The van der Waals surface area contributed by atoms with E-state index in [-0.39, 0.29) is 29.0 Å². The van der Waals surface area contributed by atoms with Crippen LogP contribution >= 0.6 is 11.6 Å². The Balaban J connectivity index is 1.81. The molecule has 2 aromatic heterocycles. The molecule has 0 fully saturated rings. The van der Waals surface area contributed by atoms with Crippen LogP contribution in [0.5, 0.6) is 0 Å². The zero-order valence-corrected chi connectivity index (χ0v) is 17.5. The minimum absolute atomic E-state index is 0.0427. The number of hydrogen-bond donors (Lipinski definition) is 1. The topological polar surface area (TPSA) is 81.9 Å². The molecule has 7 nitrogen and oxygen atoms in total. The number of methoxy groups -OCH3 is 1. The number of hydrogen-bond acceptors (Lipinski definition) is 6. The first-order chi connectivity index (χ1) is 15.1. The molecule has 3 rings (SSSR count). The van der Waals surface area contributed by atoms with Gasteiger partial charge in [-0.05, 0) is 48.4 Å². The largest absolute Gasteiger partial charge is 0.466 e. The number of nitrogens with zero attached hydrogens (tertiary/aromatic N) is 4. The van der Waals surface area contributed by atoms with Gasteiger partial charge in [-0.15, -0.1) is 0 Å². The first kappa shape index (κ1) is 23.2. The van der Waals surface area contributed by atoms with Crippen molar-refractivity contribution >= 4 is 29.5 Å². The summed E-state index contributed by atoms with van der Waals surface area (Å²) in [5.74, 6) is -1.05. The number of aromatic nitrogens is 4. The monoisotopic (exact) mass is 469 g/mol. The van der Waals surface area contributed by atoms with Gasteiger partial charge in [-0.25, -0.2) is 23.8 Å². The number of rotatable bonds is 6. The molecule has 12 heteroatoms. The highest BCUT2D eigenvalue weighted by Crippen LogP contribution is 2.30. The highest BCUT2D eigenvalue weighted by molar-refractivity contribution is 6.28. The maximum atomic E-state index is 14.7. The molecule has 1 aromatic carbocycles. The molecule has 168 valence electrons. The first-order valence-corrected chi connectivity index (χ1v) is 9.41. The van der Waals surface area contributed by atoms with Crippen LogP contribution in [0.25, 0.3) is 11.8 Å². The highest BCUT2D eigenvalue weighted by Gasteiger charge is 2.34. The molecule has 0 aliphatic heterocycles. The van der Waals surface area contributed by atoms with Crippen molar-refractivity contribution in [2.45, 2.75) is 19.6 Å². The maximum absolute atomic E-state index is 14.7. The number of anilines is 1. The molecule has 0 radical (unpaired) electrons. The summed E-state index contributed by atoms with van der Waals surface area (Å²) >= 11 is 5.82. The number of esters is 1. The third-order valence-electron chi connectivity index (χ3n) is 4.27. The summed E-state index contributed by atoms with van der Waals surface area (Å²) in [4.78, 5) is 19.2. The molecule has 0 aliphatic rings. The average molecular weight is 470 g/mol. The zero-order valence-electron chi connectivity index (χ0n) is 16.7. The maximum Gasteiger partial charge on any atom is 0.435 e. The number of aryl methyl sites for hydroxylation is 1. The smallest absolute Gasteiger partial charge is 0.435 e. The van der Waals surface area contributed by atoms with Crippen molar-refractivity contribution in [1.29, 1.82) is 0 Å². The number of carbonyl (C=O) groups is 1. The molecule has 0 saturated carbocycles. The summed E-state index contributed by atoms with van der Waals surface area (Å²) in [5, 5.41) is 6.37. The van der Waals surface area contributed by atoms with Crippen LogP contribution in [0.4, 0.5) is 23.4 Å². The van der Waals surface area contributed by atoms with E-state index in [0.717, 1.165) is 10.7 Å². The van der Waals surface area contributed by atoms with Gasteiger partial charge in [-0.2, -0.15) is 18.3 Å². The third kappa shape index (κ3) is 5.41. The highest BCUT2D eigenvalue weighted by atomic mass is 35.5. The third-order valence-corrected chi connectivity index (χ3v) is 4.45. The lowest BCUT2D eigenvalue weighted by Crippen LogP contribution is -2.09. The average Bonchev–Trinajstić information content (AvgIpc) is 3.13. The molecular formula is C20H16ClF4N5O2. The van der Waals surface area contributed by atoms with E-state index >= 15 is 0 Å². The van der Waals surface area contributed by atoms with E-state index in [1.807, 2.05) is 0 Å². The molecule has 32 heavy (non-hydrogen) atoms. The predicted octanol–water partition coefficient (Wildman–Crippen LogP) is 4.58. The van der Waals surface area contributed by atoms with Gasteiger partial charge in [0.25, 0.3) is 0 Å². The molecule has 3 aromatic rings. The van der Waals surface area contributed by atoms with Gasteiger partial charge in [-0.3, -0.25) is 0 Å². The standard InChI is InChI=1S/C20H16ClF4N5O2/c1-11-7-16(20(23,24)25)29-30(11)15-5-3-12(8-14(15)22)9-26-18-13(4-6-17(31)32-2)10-27-19(21)28-18/h3-8,10H,9H2,1-2H3,(H,26,27,28)/b6-4+. The molecule has 0 amide bonds. The SMILES string of the molecule is COC(=O)/C=C/c1cnc(Cl)nc1NCc1ccc(-n2nc(C(F)(F)F)cc2C)c(F)c1. The van der Waals surface area contributed by atoms with Gasteiger partial charge < -0.3 is 10.1 Å². The van der Waals surface area contributed by atoms with Crippen LogP contribution in [0, 0.1) is 12.7 Å². The van der Waals surface area contributed by atoms with Crippen molar-refractivity contribution in [3.63, 3.8) is 0 Å². The molecule has 0 saturated heterocycles.